The minimum absolute atomic E-state index is 0.696. The van der Waals surface area contributed by atoms with Gasteiger partial charge in [-0.2, -0.15) is 0 Å². The Labute approximate surface area is 116 Å². The highest BCUT2D eigenvalue weighted by Crippen LogP contribution is 2.19. The van der Waals surface area contributed by atoms with Gasteiger partial charge in [0.15, 0.2) is 5.16 Å². The Morgan fingerprint density at radius 3 is 2.84 bits per heavy atom. The fourth-order valence-corrected chi connectivity index (χ4v) is 2.43. The smallest absolute Gasteiger partial charge is 0.169 e. The molecule has 0 atom stereocenters. The third kappa shape index (κ3) is 3.48. The molecule has 1 aromatic heterocycles. The molecule has 2 rings (SSSR count). The molecule has 0 amide bonds. The molecule has 0 unspecified atom stereocenters. The van der Waals surface area contributed by atoms with E-state index in [-0.39, 0.29) is 0 Å². The second-order valence-electron chi connectivity index (χ2n) is 3.88. The summed E-state index contributed by atoms with van der Waals surface area (Å²) in [5.41, 5.74) is 1.95. The maximum atomic E-state index is 8.70. The number of nitrogens with zero attached hydrogens (tertiary/aromatic N) is 3. The number of aromatic nitrogens is 2. The Balaban J connectivity index is 2.29. The number of benzene rings is 1. The standard InChI is InChI=1S/C14H15N3OS/c1-2-8-19-14-15-9-13(10-16-18)17(14)11-12-6-4-3-5-7-12/h2-7,9-10,18H,1,8,11H2/b16-10+. The van der Waals surface area contributed by atoms with Crippen LogP contribution in [0.2, 0.25) is 0 Å². The summed E-state index contributed by atoms with van der Waals surface area (Å²) in [6.45, 7) is 4.40. The predicted molar refractivity (Wildman–Crippen MR) is 78.1 cm³/mol. The van der Waals surface area contributed by atoms with Crippen molar-refractivity contribution in [3.63, 3.8) is 0 Å². The molecule has 0 bridgehead atoms. The summed E-state index contributed by atoms with van der Waals surface area (Å²) in [5, 5.41) is 12.7. The monoisotopic (exact) mass is 273 g/mol. The highest BCUT2D eigenvalue weighted by Gasteiger charge is 2.09. The predicted octanol–water partition coefficient (Wildman–Crippen LogP) is 3.02. The number of rotatable bonds is 6. The molecule has 1 heterocycles. The van der Waals surface area contributed by atoms with E-state index in [1.54, 1.807) is 18.0 Å². The fraction of sp³-hybridized carbons (Fsp3) is 0.143. The summed E-state index contributed by atoms with van der Waals surface area (Å²) in [6.07, 6.45) is 4.94. The topological polar surface area (TPSA) is 50.4 Å². The van der Waals surface area contributed by atoms with Crippen molar-refractivity contribution in [3.05, 3.63) is 60.4 Å². The molecule has 19 heavy (non-hydrogen) atoms. The molecule has 4 nitrogen and oxygen atoms in total. The van der Waals surface area contributed by atoms with E-state index < -0.39 is 0 Å². The molecular formula is C14H15N3OS. The van der Waals surface area contributed by atoms with Crippen LogP contribution in [-0.4, -0.2) is 26.7 Å². The van der Waals surface area contributed by atoms with E-state index >= 15 is 0 Å². The molecule has 0 radical (unpaired) electrons. The highest BCUT2D eigenvalue weighted by atomic mass is 32.2. The molecule has 0 aliphatic heterocycles. The van der Waals surface area contributed by atoms with Crippen LogP contribution in [0, 0.1) is 0 Å². The molecule has 0 saturated carbocycles. The van der Waals surface area contributed by atoms with Gasteiger partial charge in [-0.1, -0.05) is 53.3 Å². The number of imidazole rings is 1. The zero-order valence-electron chi connectivity index (χ0n) is 10.4. The number of hydrogen-bond donors (Lipinski definition) is 1. The minimum atomic E-state index is 0.696. The Kier molecular flexibility index (Phi) is 4.80. The lowest BCUT2D eigenvalue weighted by Gasteiger charge is -2.09. The van der Waals surface area contributed by atoms with Crippen LogP contribution in [0.15, 0.2) is 59.5 Å². The van der Waals surface area contributed by atoms with Gasteiger partial charge in [-0.25, -0.2) is 4.98 Å². The third-order valence-corrected chi connectivity index (χ3v) is 3.54. The maximum Gasteiger partial charge on any atom is 0.169 e. The summed E-state index contributed by atoms with van der Waals surface area (Å²) in [7, 11) is 0. The first-order chi connectivity index (χ1) is 9.35. The number of oxime groups is 1. The lowest BCUT2D eigenvalue weighted by Crippen LogP contribution is -2.05. The van der Waals surface area contributed by atoms with E-state index in [9.17, 15) is 0 Å². The Bertz CT molecular complexity index is 563. The lowest BCUT2D eigenvalue weighted by molar-refractivity contribution is 0.321. The van der Waals surface area contributed by atoms with Crippen molar-refractivity contribution in [2.24, 2.45) is 5.16 Å². The van der Waals surface area contributed by atoms with Gasteiger partial charge >= 0.3 is 0 Å². The minimum Gasteiger partial charge on any atom is -0.411 e. The summed E-state index contributed by atoms with van der Waals surface area (Å²) in [5.74, 6) is 0.793. The van der Waals surface area contributed by atoms with Crippen LogP contribution >= 0.6 is 11.8 Å². The van der Waals surface area contributed by atoms with Crippen LogP contribution < -0.4 is 0 Å². The molecule has 0 spiro atoms. The molecule has 0 saturated heterocycles. The number of thioether (sulfide) groups is 1. The summed E-state index contributed by atoms with van der Waals surface area (Å²) in [6, 6.07) is 10.1. The van der Waals surface area contributed by atoms with Crippen molar-refractivity contribution in [1.29, 1.82) is 0 Å². The van der Waals surface area contributed by atoms with Crippen molar-refractivity contribution >= 4 is 18.0 Å². The molecular weight excluding hydrogens is 258 g/mol. The van der Waals surface area contributed by atoms with Crippen molar-refractivity contribution < 1.29 is 5.21 Å². The van der Waals surface area contributed by atoms with E-state index in [1.165, 1.54) is 11.8 Å². The Morgan fingerprint density at radius 1 is 1.37 bits per heavy atom. The lowest BCUT2D eigenvalue weighted by atomic mass is 10.2. The van der Waals surface area contributed by atoms with Gasteiger partial charge in [0.05, 0.1) is 24.7 Å². The second-order valence-corrected chi connectivity index (χ2v) is 4.87. The van der Waals surface area contributed by atoms with Crippen LogP contribution in [0.5, 0.6) is 0 Å². The van der Waals surface area contributed by atoms with Crippen LogP contribution in [-0.2, 0) is 6.54 Å². The molecule has 0 aliphatic rings. The fourth-order valence-electron chi connectivity index (χ4n) is 1.71. The van der Waals surface area contributed by atoms with Gasteiger partial charge in [-0.15, -0.1) is 6.58 Å². The normalized spacial score (nSPS) is 10.9. The first-order valence-corrected chi connectivity index (χ1v) is 6.84. The quantitative estimate of drug-likeness (QED) is 0.289. The average Bonchev–Trinajstić information content (AvgIpc) is 2.81. The van der Waals surface area contributed by atoms with E-state index in [4.69, 9.17) is 5.21 Å². The molecule has 1 N–H and O–H groups in total. The largest absolute Gasteiger partial charge is 0.411 e. The van der Waals surface area contributed by atoms with E-state index in [1.807, 2.05) is 28.8 Å². The third-order valence-electron chi connectivity index (χ3n) is 2.55. The van der Waals surface area contributed by atoms with Gasteiger partial charge in [-0.3, -0.25) is 0 Å². The summed E-state index contributed by atoms with van der Waals surface area (Å²) >= 11 is 1.60. The van der Waals surface area contributed by atoms with Gasteiger partial charge in [0.2, 0.25) is 0 Å². The van der Waals surface area contributed by atoms with Crippen molar-refractivity contribution in [1.82, 2.24) is 9.55 Å². The molecule has 0 aliphatic carbocycles. The van der Waals surface area contributed by atoms with E-state index in [0.717, 1.165) is 16.6 Å². The van der Waals surface area contributed by atoms with Crippen LogP contribution in [0.1, 0.15) is 11.3 Å². The average molecular weight is 273 g/mol. The second kappa shape index (κ2) is 6.80. The van der Waals surface area contributed by atoms with Gasteiger partial charge < -0.3 is 9.77 Å². The SMILES string of the molecule is C=CCSc1ncc(/C=N/O)n1Cc1ccccc1. The van der Waals surface area contributed by atoms with Gasteiger partial charge in [-0.05, 0) is 5.56 Å². The first-order valence-electron chi connectivity index (χ1n) is 5.85. The molecule has 5 heteroatoms. The van der Waals surface area contributed by atoms with Gasteiger partial charge in [0.25, 0.3) is 0 Å². The van der Waals surface area contributed by atoms with Crippen molar-refractivity contribution in [2.45, 2.75) is 11.7 Å². The van der Waals surface area contributed by atoms with Crippen LogP contribution in [0.25, 0.3) is 0 Å². The Morgan fingerprint density at radius 2 is 2.16 bits per heavy atom. The first kappa shape index (κ1) is 13.4. The van der Waals surface area contributed by atoms with E-state index in [0.29, 0.717) is 6.54 Å². The Hall–Kier alpha value is -2.01. The zero-order valence-corrected chi connectivity index (χ0v) is 11.3. The van der Waals surface area contributed by atoms with Crippen molar-refractivity contribution in [2.75, 3.05) is 5.75 Å². The van der Waals surface area contributed by atoms with Gasteiger partial charge in [0, 0.05) is 5.75 Å². The molecule has 0 fully saturated rings. The van der Waals surface area contributed by atoms with Crippen molar-refractivity contribution in [3.8, 4) is 0 Å². The maximum absolute atomic E-state index is 8.70. The van der Waals surface area contributed by atoms with Crippen LogP contribution in [0.4, 0.5) is 0 Å². The summed E-state index contributed by atoms with van der Waals surface area (Å²) in [4.78, 5) is 4.34. The molecule has 1 aromatic carbocycles. The van der Waals surface area contributed by atoms with E-state index in [2.05, 4.69) is 28.9 Å². The molecule has 2 aromatic rings. The molecule has 98 valence electrons. The zero-order chi connectivity index (χ0) is 13.5. The summed E-state index contributed by atoms with van der Waals surface area (Å²) < 4.78 is 2.02. The number of hydrogen-bond acceptors (Lipinski definition) is 4. The van der Waals surface area contributed by atoms with Crippen LogP contribution in [0.3, 0.4) is 0 Å². The highest BCUT2D eigenvalue weighted by molar-refractivity contribution is 7.99. The van der Waals surface area contributed by atoms with Gasteiger partial charge in [0.1, 0.15) is 0 Å².